The van der Waals surface area contributed by atoms with Gasteiger partial charge in [0.15, 0.2) is 44.0 Å². The van der Waals surface area contributed by atoms with Crippen LogP contribution in [0.1, 0.15) is 6.92 Å². The van der Waals surface area contributed by atoms with Crippen LogP contribution in [0.3, 0.4) is 0 Å². The number of rotatable bonds is 28. The molecule has 36 atom stereocenters. The minimum absolute atomic E-state index is 0.360. The molecule has 0 radical (unpaired) electrons. The van der Waals surface area contributed by atoms with Gasteiger partial charge < -0.3 is 207 Å². The van der Waals surface area contributed by atoms with Crippen LogP contribution in [0.2, 0.25) is 0 Å². The molecule has 21 heterocycles. The zero-order chi connectivity index (χ0) is 71.8. The maximum Gasteiger partial charge on any atom is 0.187 e. The van der Waals surface area contributed by atoms with E-state index in [0.717, 1.165) is 0 Å². The van der Waals surface area contributed by atoms with Crippen LogP contribution in [0.4, 0.5) is 0 Å². The van der Waals surface area contributed by atoms with E-state index >= 15 is 0 Å². The maximum atomic E-state index is 12.0. The molecule has 2 unspecified atom stereocenters. The normalized spacial score (nSPS) is 46.1. The molecule has 21 N–H and O–H groups in total. The largest absolute Gasteiger partial charge is 0.394 e. The molecule has 0 aromatic heterocycles. The van der Waals surface area contributed by atoms with Gasteiger partial charge >= 0.3 is 0 Å². The Morgan fingerprint density at radius 2 is 0.364 bits per heavy atom. The Labute approximate surface area is 565 Å². The highest BCUT2D eigenvalue weighted by molar-refractivity contribution is 5.02. The molecule has 0 aromatic rings. The number of hydrogen-bond donors (Lipinski definition) is 21. The molecular weight excluding hydrogens is 1360 g/mol. The quantitative estimate of drug-likeness (QED) is 0.0324. The summed E-state index contributed by atoms with van der Waals surface area (Å²) in [6.45, 7) is -8.80. The van der Waals surface area contributed by atoms with Crippen molar-refractivity contribution in [1.29, 1.82) is 0 Å². The minimum atomic E-state index is -2.23. The van der Waals surface area contributed by atoms with Crippen molar-refractivity contribution in [3.63, 3.8) is 0 Å². The molecule has 99 heavy (non-hydrogen) atoms. The molecule has 21 aliphatic rings. The van der Waals surface area contributed by atoms with Crippen molar-refractivity contribution in [2.75, 3.05) is 132 Å². The smallest absolute Gasteiger partial charge is 0.187 e. The van der Waals surface area contributed by atoms with Gasteiger partial charge in [-0.1, -0.05) is 0 Å². The zero-order valence-corrected chi connectivity index (χ0v) is 53.9. The van der Waals surface area contributed by atoms with Gasteiger partial charge in [0.2, 0.25) is 0 Å². The predicted octanol–water partition coefficient (Wildman–Crippen LogP) is -14.7. The van der Waals surface area contributed by atoms with Crippen LogP contribution >= 0.6 is 0 Å². The lowest BCUT2D eigenvalue weighted by atomic mass is 9.95. The van der Waals surface area contributed by atoms with Gasteiger partial charge in [0.05, 0.1) is 138 Å². The van der Waals surface area contributed by atoms with Gasteiger partial charge in [-0.05, 0) is 6.92 Å². The van der Waals surface area contributed by atoms with Crippen molar-refractivity contribution in [2.24, 2.45) is 0 Å². The molecule has 14 bridgehead atoms. The standard InChI is InChI=1S/C57H100O42/c1-22(64)14-85-21-29-50-36(71)43(78)57(92-29)98-49-28(20-84-13-7-63)90-55(41(76)34(49)69)96-47-26(18-82-11-5-61)88-53(39(74)32(47)67)94-45-24(16-80-9-3-59)86-51(37(72)30(45)65)93-44-23(15-79-8-2-58)87-52(38(73)31(44)66)95-46-25(17-81-10-4-60)89-54(40(75)33(46)68)97-48-27(19-83-12-6-62)91-56(99-50)42(77)35(48)70/h22-78H,2-21H2,1H3/t22?,23-,24-,25-,26-,27-,28-,29-,30-,31-,32-,33-,34-,35-,36-,37-,38-,39-,40-,41-,42?,43-,44-,45-,46-,47-,48-,49-,50-,51-,52-,53-,54-,55-,56-,57-/m1/s1. The van der Waals surface area contributed by atoms with Crippen LogP contribution in [-0.2, 0) is 99.5 Å². The lowest BCUT2D eigenvalue weighted by Gasteiger charge is -2.50. The van der Waals surface area contributed by atoms with E-state index in [2.05, 4.69) is 0 Å². The Kier molecular flexibility index (Phi) is 33.8. The van der Waals surface area contributed by atoms with E-state index in [1.54, 1.807) is 0 Å². The first kappa shape index (κ1) is 83.0. The summed E-state index contributed by atoms with van der Waals surface area (Å²) in [6.07, 6.45) is -70.6. The lowest BCUT2D eigenvalue weighted by Crippen LogP contribution is -2.68. The highest BCUT2D eigenvalue weighted by Gasteiger charge is 2.60. The molecule has 42 nitrogen and oxygen atoms in total. The molecule has 0 aromatic carbocycles. The number of aliphatic hydroxyl groups is 21. The molecule has 0 amide bonds. The van der Waals surface area contributed by atoms with Crippen molar-refractivity contribution in [3.8, 4) is 0 Å². The predicted molar refractivity (Wildman–Crippen MR) is 309 cm³/mol. The summed E-state index contributed by atoms with van der Waals surface area (Å²) in [7, 11) is 0. The van der Waals surface area contributed by atoms with E-state index in [9.17, 15) is 107 Å². The minimum Gasteiger partial charge on any atom is -0.394 e. The van der Waals surface area contributed by atoms with E-state index in [-0.39, 0.29) is 46.2 Å². The van der Waals surface area contributed by atoms with Crippen LogP contribution in [-0.4, -0.2) is 460 Å². The number of hydrogen-bond acceptors (Lipinski definition) is 42. The number of aliphatic hydroxyl groups excluding tert-OH is 21. The highest BCUT2D eigenvalue weighted by Crippen LogP contribution is 2.40. The summed E-state index contributed by atoms with van der Waals surface area (Å²) in [5, 5.41) is 235. The number of ether oxygens (including phenoxy) is 21. The van der Waals surface area contributed by atoms with Gasteiger partial charge in [-0.25, -0.2) is 0 Å². The van der Waals surface area contributed by atoms with Crippen molar-refractivity contribution < 1.29 is 207 Å². The second-order valence-electron chi connectivity index (χ2n) is 24.6. The average Bonchev–Trinajstić information content (AvgIpc) is 0.787. The van der Waals surface area contributed by atoms with Gasteiger partial charge in [-0.2, -0.15) is 0 Å². The molecule has 21 rings (SSSR count). The molecule has 0 saturated carbocycles. The fraction of sp³-hybridized carbons (Fsp3) is 1.00. The van der Waals surface area contributed by atoms with Crippen LogP contribution in [0.15, 0.2) is 0 Å². The van der Waals surface area contributed by atoms with Gasteiger partial charge in [0, 0.05) is 0 Å². The molecule has 21 aliphatic heterocycles. The average molecular weight is 1460 g/mol. The van der Waals surface area contributed by atoms with Crippen LogP contribution in [0, 0.1) is 0 Å². The lowest BCUT2D eigenvalue weighted by molar-refractivity contribution is -0.397. The van der Waals surface area contributed by atoms with Gasteiger partial charge in [0.25, 0.3) is 0 Å². The van der Waals surface area contributed by atoms with Gasteiger partial charge in [0.1, 0.15) is 171 Å². The summed E-state index contributed by atoms with van der Waals surface area (Å²) in [6, 6.07) is 0. The third-order valence-corrected chi connectivity index (χ3v) is 17.3. The van der Waals surface area contributed by atoms with Crippen molar-refractivity contribution in [2.45, 2.75) is 228 Å². The Bertz CT molecular complexity index is 2220. The van der Waals surface area contributed by atoms with Crippen LogP contribution in [0.5, 0.6) is 0 Å². The first-order valence-electron chi connectivity index (χ1n) is 32.6. The second-order valence-corrected chi connectivity index (χ2v) is 24.6. The Morgan fingerprint density at radius 3 is 0.495 bits per heavy atom. The molecule has 0 aliphatic carbocycles. The third-order valence-electron chi connectivity index (χ3n) is 17.3. The van der Waals surface area contributed by atoms with Crippen LogP contribution < -0.4 is 0 Å². The Morgan fingerprint density at radius 1 is 0.222 bits per heavy atom. The summed E-state index contributed by atoms with van der Waals surface area (Å²) < 4.78 is 124. The monoisotopic (exact) mass is 1460 g/mol. The Hall–Kier alpha value is -1.68. The van der Waals surface area contributed by atoms with E-state index in [1.165, 1.54) is 6.92 Å². The summed E-state index contributed by atoms with van der Waals surface area (Å²) in [5.41, 5.74) is 0. The topological polar surface area (TPSA) is 619 Å². The first-order valence-corrected chi connectivity index (χ1v) is 32.6. The van der Waals surface area contributed by atoms with Crippen molar-refractivity contribution >= 4 is 0 Å². The SMILES string of the molecule is CC(O)COC[C@H]1O[C@@H]2O[C@H]3[C@H](O)[C@@H](O)[C@@H](O[C@H]4[C@H](O)[C@@H](O)[C@@H](O[C@H]5[C@H](O)[C@@H](O)[C@@H](O[C@H]6[C@H](O)[C@@H](O)[C@@H](O[C@H]7[C@H](O)[C@@H](O)[C@@H](O[C@H]8[C@H](O)C(O)[C@@H](O[C@H]1[C@H](O)[C@H]2O)O[C@@H]8COCCO)O[C@@H]7COCCO)O[C@@H]6COCCO)O[C@@H]5COCCO)O[C@@H]4COCCO)O[C@@H]3COCCO. The van der Waals surface area contributed by atoms with E-state index < -0.39 is 307 Å². The van der Waals surface area contributed by atoms with Gasteiger partial charge in [-0.15, -0.1) is 0 Å². The molecule has 21 saturated heterocycles. The van der Waals surface area contributed by atoms with E-state index in [0.29, 0.717) is 0 Å². The highest BCUT2D eigenvalue weighted by atomic mass is 16.8. The van der Waals surface area contributed by atoms with Crippen LogP contribution in [0.25, 0.3) is 0 Å². The molecule has 42 heteroatoms. The fourth-order valence-electron chi connectivity index (χ4n) is 12.3. The Balaban J connectivity index is 1.17. The third kappa shape index (κ3) is 20.9. The molecule has 580 valence electrons. The summed E-state index contributed by atoms with van der Waals surface area (Å²) >= 11 is 0. The molecule has 21 fully saturated rings. The van der Waals surface area contributed by atoms with Crippen molar-refractivity contribution in [3.05, 3.63) is 0 Å². The fourth-order valence-corrected chi connectivity index (χ4v) is 12.3. The zero-order valence-electron chi connectivity index (χ0n) is 53.9. The van der Waals surface area contributed by atoms with Crippen molar-refractivity contribution in [1.82, 2.24) is 0 Å². The second kappa shape index (κ2) is 40.3. The first-order chi connectivity index (χ1) is 47.5. The maximum absolute atomic E-state index is 12.0. The summed E-state index contributed by atoms with van der Waals surface area (Å²) in [5.74, 6) is 0. The molecule has 0 spiro atoms. The van der Waals surface area contributed by atoms with Gasteiger partial charge in [-0.3, -0.25) is 0 Å². The summed E-state index contributed by atoms with van der Waals surface area (Å²) in [4.78, 5) is 0. The van der Waals surface area contributed by atoms with E-state index in [4.69, 9.17) is 99.5 Å². The van der Waals surface area contributed by atoms with E-state index in [1.807, 2.05) is 0 Å². The molecular formula is C57H100O42.